The van der Waals surface area contributed by atoms with Crippen LogP contribution in [0.3, 0.4) is 0 Å². The van der Waals surface area contributed by atoms with Crippen LogP contribution in [0, 0.1) is 5.92 Å². The number of nitrogens with two attached hydrogens (primary N) is 1. The Morgan fingerprint density at radius 2 is 1.94 bits per heavy atom. The van der Waals surface area contributed by atoms with Gasteiger partial charge in [0.25, 0.3) is 0 Å². The molecular formula is C12H21N3O2. The standard InChI is InChI=1S/C12H21N3O2/c1-12(2,3)11-14-10(17-15-11)9(13)8-4-6-16-7-5-8/h8-9H,4-7,13H2,1-3H3/t9-/m0/s1. The van der Waals surface area contributed by atoms with Crippen molar-refractivity contribution >= 4 is 0 Å². The molecule has 0 spiro atoms. The third kappa shape index (κ3) is 2.84. The van der Waals surface area contributed by atoms with Gasteiger partial charge < -0.3 is 15.0 Å². The maximum atomic E-state index is 6.17. The summed E-state index contributed by atoms with van der Waals surface area (Å²) in [4.78, 5) is 4.41. The van der Waals surface area contributed by atoms with Gasteiger partial charge in [0.1, 0.15) is 0 Å². The highest BCUT2D eigenvalue weighted by molar-refractivity contribution is 5.02. The van der Waals surface area contributed by atoms with Crippen molar-refractivity contribution in [3.63, 3.8) is 0 Å². The van der Waals surface area contributed by atoms with Gasteiger partial charge in [-0.3, -0.25) is 0 Å². The van der Waals surface area contributed by atoms with Gasteiger partial charge >= 0.3 is 0 Å². The second-order valence-electron chi connectivity index (χ2n) is 5.68. The zero-order valence-electron chi connectivity index (χ0n) is 10.8. The summed E-state index contributed by atoms with van der Waals surface area (Å²) >= 11 is 0. The van der Waals surface area contributed by atoms with Gasteiger partial charge in [-0.1, -0.05) is 25.9 Å². The Labute approximate surface area is 102 Å². The largest absolute Gasteiger partial charge is 0.381 e. The summed E-state index contributed by atoms with van der Waals surface area (Å²) < 4.78 is 10.6. The van der Waals surface area contributed by atoms with Crippen molar-refractivity contribution in [3.05, 3.63) is 11.7 Å². The predicted molar refractivity (Wildman–Crippen MR) is 63.5 cm³/mol. The second-order valence-corrected chi connectivity index (χ2v) is 5.68. The minimum Gasteiger partial charge on any atom is -0.381 e. The molecule has 0 amide bonds. The Morgan fingerprint density at radius 1 is 1.29 bits per heavy atom. The summed E-state index contributed by atoms with van der Waals surface area (Å²) in [6.45, 7) is 7.72. The van der Waals surface area contributed by atoms with Crippen LogP contribution in [0.5, 0.6) is 0 Å². The fourth-order valence-electron chi connectivity index (χ4n) is 1.95. The van der Waals surface area contributed by atoms with E-state index in [4.69, 9.17) is 15.0 Å². The predicted octanol–water partition coefficient (Wildman–Crippen LogP) is 1.79. The van der Waals surface area contributed by atoms with Gasteiger partial charge in [0, 0.05) is 18.6 Å². The fraction of sp³-hybridized carbons (Fsp3) is 0.833. The van der Waals surface area contributed by atoms with Crippen LogP contribution in [0.4, 0.5) is 0 Å². The van der Waals surface area contributed by atoms with E-state index < -0.39 is 0 Å². The number of aromatic nitrogens is 2. The molecule has 2 heterocycles. The van der Waals surface area contributed by atoms with E-state index in [2.05, 4.69) is 30.9 Å². The molecule has 2 rings (SSSR count). The highest BCUT2D eigenvalue weighted by Crippen LogP contribution is 2.28. The van der Waals surface area contributed by atoms with E-state index in [1.54, 1.807) is 0 Å². The highest BCUT2D eigenvalue weighted by Gasteiger charge is 2.28. The minimum absolute atomic E-state index is 0.100. The first-order valence-corrected chi connectivity index (χ1v) is 6.16. The summed E-state index contributed by atoms with van der Waals surface area (Å²) in [7, 11) is 0. The first kappa shape index (κ1) is 12.5. The molecule has 1 aromatic rings. The summed E-state index contributed by atoms with van der Waals surface area (Å²) in [6, 6.07) is -0.164. The number of ether oxygens (including phenoxy) is 1. The molecule has 0 aliphatic carbocycles. The lowest BCUT2D eigenvalue weighted by molar-refractivity contribution is 0.0546. The molecule has 1 fully saturated rings. The van der Waals surface area contributed by atoms with Crippen molar-refractivity contribution in [2.75, 3.05) is 13.2 Å². The van der Waals surface area contributed by atoms with Gasteiger partial charge in [-0.2, -0.15) is 4.98 Å². The average molecular weight is 239 g/mol. The van der Waals surface area contributed by atoms with E-state index in [0.717, 1.165) is 31.9 Å². The molecule has 5 nitrogen and oxygen atoms in total. The zero-order valence-corrected chi connectivity index (χ0v) is 10.8. The normalized spacial score (nSPS) is 20.5. The van der Waals surface area contributed by atoms with Crippen molar-refractivity contribution in [3.8, 4) is 0 Å². The Morgan fingerprint density at radius 3 is 2.47 bits per heavy atom. The molecule has 1 aliphatic heterocycles. The minimum atomic E-state index is -0.164. The van der Waals surface area contributed by atoms with Gasteiger partial charge in [0.05, 0.1) is 6.04 Å². The third-order valence-corrected chi connectivity index (χ3v) is 3.17. The molecule has 0 bridgehead atoms. The monoisotopic (exact) mass is 239 g/mol. The van der Waals surface area contributed by atoms with Crippen LogP contribution >= 0.6 is 0 Å². The number of hydrogen-bond acceptors (Lipinski definition) is 5. The average Bonchev–Trinajstić information content (AvgIpc) is 2.78. The number of nitrogens with zero attached hydrogens (tertiary/aromatic N) is 2. The van der Waals surface area contributed by atoms with Crippen molar-refractivity contribution < 1.29 is 9.26 Å². The molecular weight excluding hydrogens is 218 g/mol. The maximum Gasteiger partial charge on any atom is 0.243 e. The van der Waals surface area contributed by atoms with Crippen LogP contribution < -0.4 is 5.73 Å². The van der Waals surface area contributed by atoms with Crippen LogP contribution in [0.1, 0.15) is 51.4 Å². The lowest BCUT2D eigenvalue weighted by Gasteiger charge is -2.25. The molecule has 0 aromatic carbocycles. The molecule has 1 aromatic heterocycles. The summed E-state index contributed by atoms with van der Waals surface area (Å²) in [5.74, 6) is 1.66. The Bertz CT molecular complexity index is 364. The molecule has 0 saturated carbocycles. The first-order valence-electron chi connectivity index (χ1n) is 6.16. The van der Waals surface area contributed by atoms with Crippen molar-refractivity contribution in [1.29, 1.82) is 0 Å². The maximum absolute atomic E-state index is 6.17. The van der Waals surface area contributed by atoms with Crippen molar-refractivity contribution in [2.45, 2.75) is 45.1 Å². The van der Waals surface area contributed by atoms with E-state index in [0.29, 0.717) is 11.8 Å². The van der Waals surface area contributed by atoms with E-state index in [9.17, 15) is 0 Å². The van der Waals surface area contributed by atoms with Crippen LogP contribution in [-0.4, -0.2) is 23.4 Å². The molecule has 1 aliphatic rings. The molecule has 17 heavy (non-hydrogen) atoms. The quantitative estimate of drug-likeness (QED) is 0.851. The van der Waals surface area contributed by atoms with Gasteiger partial charge in [-0.25, -0.2) is 0 Å². The summed E-state index contributed by atoms with van der Waals surface area (Å²) in [5, 5.41) is 4.01. The smallest absolute Gasteiger partial charge is 0.243 e. The van der Waals surface area contributed by atoms with E-state index in [1.165, 1.54) is 0 Å². The second kappa shape index (κ2) is 4.74. The number of hydrogen-bond donors (Lipinski definition) is 1. The van der Waals surface area contributed by atoms with Crippen LogP contribution in [-0.2, 0) is 10.2 Å². The van der Waals surface area contributed by atoms with Gasteiger partial charge in [-0.05, 0) is 18.8 Å². The van der Waals surface area contributed by atoms with Crippen LogP contribution in [0.2, 0.25) is 0 Å². The van der Waals surface area contributed by atoms with Gasteiger partial charge in [0.15, 0.2) is 5.82 Å². The SMILES string of the molecule is CC(C)(C)c1noc([C@@H](N)C2CCOCC2)n1. The summed E-state index contributed by atoms with van der Waals surface area (Å²) in [5.41, 5.74) is 6.07. The lowest BCUT2D eigenvalue weighted by Crippen LogP contribution is -2.27. The molecule has 1 saturated heterocycles. The number of rotatable bonds is 2. The van der Waals surface area contributed by atoms with E-state index in [1.807, 2.05) is 0 Å². The van der Waals surface area contributed by atoms with Gasteiger partial charge in [-0.15, -0.1) is 0 Å². The van der Waals surface area contributed by atoms with Crippen LogP contribution in [0.15, 0.2) is 4.52 Å². The highest BCUT2D eigenvalue weighted by atomic mass is 16.5. The summed E-state index contributed by atoms with van der Waals surface area (Å²) in [6.07, 6.45) is 1.93. The molecule has 2 N–H and O–H groups in total. The molecule has 1 atom stereocenters. The Balaban J connectivity index is 2.08. The Hall–Kier alpha value is -0.940. The van der Waals surface area contributed by atoms with Gasteiger partial charge in [0.2, 0.25) is 5.89 Å². The molecule has 0 unspecified atom stereocenters. The lowest BCUT2D eigenvalue weighted by atomic mass is 9.92. The van der Waals surface area contributed by atoms with E-state index >= 15 is 0 Å². The zero-order chi connectivity index (χ0) is 12.5. The Kier molecular flexibility index (Phi) is 3.49. The van der Waals surface area contributed by atoms with Crippen molar-refractivity contribution in [1.82, 2.24) is 10.1 Å². The molecule has 0 radical (unpaired) electrons. The van der Waals surface area contributed by atoms with Crippen molar-refractivity contribution in [2.24, 2.45) is 11.7 Å². The first-order chi connectivity index (χ1) is 7.98. The third-order valence-electron chi connectivity index (χ3n) is 3.17. The van der Waals surface area contributed by atoms with Crippen LogP contribution in [0.25, 0.3) is 0 Å². The topological polar surface area (TPSA) is 74.2 Å². The molecule has 96 valence electrons. The van der Waals surface area contributed by atoms with E-state index in [-0.39, 0.29) is 11.5 Å². The fourth-order valence-corrected chi connectivity index (χ4v) is 1.95. The molecule has 5 heteroatoms.